The van der Waals surface area contributed by atoms with E-state index in [0.29, 0.717) is 0 Å². The number of aromatic nitrogens is 2. The van der Waals surface area contributed by atoms with Crippen LogP contribution in [0.5, 0.6) is 0 Å². The van der Waals surface area contributed by atoms with Gasteiger partial charge in [0.15, 0.2) is 5.16 Å². The lowest BCUT2D eigenvalue weighted by atomic mass is 10.0. The summed E-state index contributed by atoms with van der Waals surface area (Å²) in [4.78, 5) is 24.5. The van der Waals surface area contributed by atoms with Crippen LogP contribution in [0.15, 0.2) is 114 Å². The Kier molecular flexibility index (Phi) is 6.37. The average molecular weight is 502 g/mol. The Balaban J connectivity index is 1.36. The van der Waals surface area contributed by atoms with Crippen molar-refractivity contribution in [1.82, 2.24) is 9.97 Å². The van der Waals surface area contributed by atoms with Gasteiger partial charge >= 0.3 is 0 Å². The maximum atomic E-state index is 14.1. The van der Waals surface area contributed by atoms with Crippen LogP contribution >= 0.6 is 11.8 Å². The molecule has 0 radical (unpaired) electrons. The zero-order chi connectivity index (χ0) is 25.2. The van der Waals surface area contributed by atoms with Gasteiger partial charge in [-0.2, -0.15) is 0 Å². The molecule has 2 heterocycles. The smallest absolute Gasteiger partial charge is 0.244 e. The number of carbonyl (C=O) groups excluding carboxylic acids is 1. The van der Waals surface area contributed by atoms with Gasteiger partial charge in [-0.1, -0.05) is 109 Å². The highest BCUT2D eigenvalue weighted by Gasteiger charge is 2.30. The number of nitrogens with one attached hydrogen (secondary N) is 1. The number of nitrogens with zero attached hydrogens (tertiary/aromatic N) is 2. The van der Waals surface area contributed by atoms with Crippen LogP contribution in [0.4, 0.5) is 11.4 Å². The standard InChI is InChI=1S/C32H27N3OS/c1-22(31(36)35-27-18-10-8-12-23(27)20-21-24-13-9-11-19-28(24)35)37-32-33-29(25-14-4-2-5-15-25)30(34-32)26-16-6-3-7-17-26/h2-19,22H,20-21H2,1H3,(H,33,34). The minimum atomic E-state index is -0.349. The molecule has 0 saturated heterocycles. The first-order valence-electron chi connectivity index (χ1n) is 12.6. The van der Waals surface area contributed by atoms with Gasteiger partial charge in [0, 0.05) is 11.1 Å². The van der Waals surface area contributed by atoms with E-state index in [9.17, 15) is 4.79 Å². The number of aromatic amines is 1. The molecule has 0 spiro atoms. The molecule has 0 saturated carbocycles. The predicted octanol–water partition coefficient (Wildman–Crippen LogP) is 7.69. The largest absolute Gasteiger partial charge is 0.332 e. The summed E-state index contributed by atoms with van der Waals surface area (Å²) in [6.07, 6.45) is 1.83. The monoisotopic (exact) mass is 501 g/mol. The second kappa shape index (κ2) is 10.1. The molecule has 5 heteroatoms. The Labute approximate surface area is 221 Å². The number of carbonyl (C=O) groups is 1. The molecule has 0 fully saturated rings. The molecule has 4 aromatic carbocycles. The van der Waals surface area contributed by atoms with Gasteiger partial charge in [-0.3, -0.25) is 9.69 Å². The van der Waals surface area contributed by atoms with Crippen molar-refractivity contribution in [3.8, 4) is 22.5 Å². The van der Waals surface area contributed by atoms with Gasteiger partial charge in [-0.05, 0) is 43.0 Å². The first-order chi connectivity index (χ1) is 18.2. The third-order valence-corrected chi connectivity index (χ3v) is 7.75. The zero-order valence-corrected chi connectivity index (χ0v) is 21.4. The van der Waals surface area contributed by atoms with Crippen LogP contribution < -0.4 is 4.90 Å². The van der Waals surface area contributed by atoms with Crippen LogP contribution in [0.3, 0.4) is 0 Å². The molecule has 1 amide bonds. The van der Waals surface area contributed by atoms with Gasteiger partial charge in [0.2, 0.25) is 5.91 Å². The van der Waals surface area contributed by atoms with Gasteiger partial charge in [-0.25, -0.2) is 4.98 Å². The SMILES string of the molecule is CC(Sc1nc(-c2ccccc2)c(-c2ccccc2)[nH]1)C(=O)N1c2ccccc2CCc2ccccc21. The summed E-state index contributed by atoms with van der Waals surface area (Å²) in [5.41, 5.74) is 8.28. The highest BCUT2D eigenvalue weighted by atomic mass is 32.2. The first-order valence-corrected chi connectivity index (χ1v) is 13.4. The number of thioether (sulfide) groups is 1. The van der Waals surface area contributed by atoms with Crippen molar-refractivity contribution < 1.29 is 4.79 Å². The molecule has 4 nitrogen and oxygen atoms in total. The predicted molar refractivity (Wildman–Crippen MR) is 152 cm³/mol. The molecule has 1 aliphatic heterocycles. The molecule has 0 aliphatic carbocycles. The lowest BCUT2D eigenvalue weighted by Gasteiger charge is -2.27. The van der Waals surface area contributed by atoms with Crippen molar-refractivity contribution in [3.63, 3.8) is 0 Å². The van der Waals surface area contributed by atoms with E-state index in [1.165, 1.54) is 22.9 Å². The van der Waals surface area contributed by atoms with Crippen molar-refractivity contribution in [2.24, 2.45) is 0 Å². The molecular formula is C32H27N3OS. The molecule has 5 aromatic rings. The van der Waals surface area contributed by atoms with Crippen molar-refractivity contribution in [1.29, 1.82) is 0 Å². The van der Waals surface area contributed by atoms with Gasteiger partial charge in [0.25, 0.3) is 0 Å². The van der Waals surface area contributed by atoms with E-state index >= 15 is 0 Å². The molecule has 6 rings (SSSR count). The molecule has 1 atom stereocenters. The fourth-order valence-corrected chi connectivity index (χ4v) is 5.79. The first kappa shape index (κ1) is 23.3. The van der Waals surface area contributed by atoms with Gasteiger partial charge in [0.05, 0.1) is 28.0 Å². The second-order valence-corrected chi connectivity index (χ2v) is 10.5. The molecule has 1 unspecified atom stereocenters. The van der Waals surface area contributed by atoms with E-state index in [1.807, 2.05) is 60.4 Å². The number of hydrogen-bond donors (Lipinski definition) is 1. The van der Waals surface area contributed by atoms with Gasteiger partial charge < -0.3 is 4.98 Å². The number of benzene rings is 4. The maximum absolute atomic E-state index is 14.1. The van der Waals surface area contributed by atoms with E-state index < -0.39 is 0 Å². The van der Waals surface area contributed by atoms with Crippen molar-refractivity contribution >= 4 is 29.0 Å². The summed E-state index contributed by atoms with van der Waals surface area (Å²) >= 11 is 1.47. The van der Waals surface area contributed by atoms with Crippen molar-refractivity contribution in [2.45, 2.75) is 30.2 Å². The lowest BCUT2D eigenvalue weighted by molar-refractivity contribution is -0.117. The Bertz CT molecular complexity index is 1440. The van der Waals surface area contributed by atoms with Crippen molar-refractivity contribution in [3.05, 3.63) is 120 Å². The summed E-state index contributed by atoms with van der Waals surface area (Å²) in [5, 5.41) is 0.382. The third kappa shape index (κ3) is 4.58. The minimum Gasteiger partial charge on any atom is -0.332 e. The van der Waals surface area contributed by atoms with Gasteiger partial charge in [-0.15, -0.1) is 0 Å². The number of anilines is 2. The Morgan fingerprint density at radius 3 is 1.86 bits per heavy atom. The number of H-pyrrole nitrogens is 1. The summed E-state index contributed by atoms with van der Waals surface area (Å²) in [5.74, 6) is 0.0470. The van der Waals surface area contributed by atoms with Crippen LogP contribution in [0.2, 0.25) is 0 Å². The third-order valence-electron chi connectivity index (χ3n) is 6.78. The summed E-state index contributed by atoms with van der Waals surface area (Å²) in [7, 11) is 0. The van der Waals surface area contributed by atoms with E-state index in [1.54, 1.807) is 0 Å². The van der Waals surface area contributed by atoms with Crippen LogP contribution in [0.1, 0.15) is 18.1 Å². The molecular weight excluding hydrogens is 474 g/mol. The summed E-state index contributed by atoms with van der Waals surface area (Å²) < 4.78 is 0. The molecule has 1 aromatic heterocycles. The summed E-state index contributed by atoms with van der Waals surface area (Å²) in [6.45, 7) is 1.97. The number of hydrogen-bond acceptors (Lipinski definition) is 3. The van der Waals surface area contributed by atoms with Crippen LogP contribution in [-0.4, -0.2) is 21.1 Å². The maximum Gasteiger partial charge on any atom is 0.244 e. The van der Waals surface area contributed by atoms with E-state index in [2.05, 4.69) is 65.6 Å². The number of rotatable bonds is 5. The fourth-order valence-electron chi connectivity index (χ4n) is 4.94. The topological polar surface area (TPSA) is 49.0 Å². The lowest BCUT2D eigenvalue weighted by Crippen LogP contribution is -2.33. The number of fused-ring (bicyclic) bond motifs is 2. The van der Waals surface area contributed by atoms with Gasteiger partial charge in [0.1, 0.15) is 0 Å². The minimum absolute atomic E-state index is 0.0470. The zero-order valence-electron chi connectivity index (χ0n) is 20.6. The van der Waals surface area contributed by atoms with Crippen LogP contribution in [-0.2, 0) is 17.6 Å². The molecule has 1 N–H and O–H groups in total. The summed E-state index contributed by atoms with van der Waals surface area (Å²) in [6, 6.07) is 36.9. The van der Waals surface area contributed by atoms with E-state index in [-0.39, 0.29) is 11.2 Å². The molecule has 182 valence electrons. The Morgan fingerprint density at radius 1 is 0.757 bits per heavy atom. The average Bonchev–Trinajstić information content (AvgIpc) is 3.30. The highest BCUT2D eigenvalue weighted by Crippen LogP contribution is 2.39. The van der Waals surface area contributed by atoms with E-state index in [0.717, 1.165) is 51.9 Å². The Morgan fingerprint density at radius 2 is 1.27 bits per heavy atom. The van der Waals surface area contributed by atoms with Crippen LogP contribution in [0, 0.1) is 0 Å². The highest BCUT2D eigenvalue weighted by molar-refractivity contribution is 8.00. The number of aryl methyl sites for hydroxylation is 2. The number of para-hydroxylation sites is 2. The molecule has 0 bridgehead atoms. The van der Waals surface area contributed by atoms with Crippen LogP contribution in [0.25, 0.3) is 22.5 Å². The normalized spacial score (nSPS) is 13.4. The second-order valence-electron chi connectivity index (χ2n) is 9.19. The van der Waals surface area contributed by atoms with Crippen molar-refractivity contribution in [2.75, 3.05) is 4.90 Å². The molecule has 1 aliphatic rings. The number of amides is 1. The molecule has 37 heavy (non-hydrogen) atoms. The quantitative estimate of drug-likeness (QED) is 0.251. The van der Waals surface area contributed by atoms with E-state index in [4.69, 9.17) is 4.98 Å². The number of imidazole rings is 1. The fraction of sp³-hybridized carbons (Fsp3) is 0.125. The Hall–Kier alpha value is -4.09.